The molecule has 0 radical (unpaired) electrons. The molecular weight excluding hydrogens is 256 g/mol. The minimum atomic E-state index is 0.00435. The predicted octanol–water partition coefficient (Wildman–Crippen LogP) is 0.786. The number of hydrogen-bond acceptors (Lipinski definition) is 3. The summed E-state index contributed by atoms with van der Waals surface area (Å²) in [4.78, 5) is 34.0. The molecule has 0 atom stereocenters. The van der Waals surface area contributed by atoms with Gasteiger partial charge in [0.05, 0.1) is 11.0 Å². The molecule has 1 aromatic heterocycles. The van der Waals surface area contributed by atoms with Crippen LogP contribution in [0.25, 0.3) is 11.0 Å². The summed E-state index contributed by atoms with van der Waals surface area (Å²) in [6, 6.07) is 5.49. The minimum absolute atomic E-state index is 0.00435. The van der Waals surface area contributed by atoms with Gasteiger partial charge in [0.1, 0.15) is 5.82 Å². The number of H-pyrrole nitrogens is 1. The number of fused-ring (bicyclic) bond motifs is 1. The molecule has 0 saturated carbocycles. The lowest BCUT2D eigenvalue weighted by molar-refractivity contribution is -0.119. The number of nitrogens with zero attached hydrogens (tertiary/aromatic N) is 3. The molecule has 1 aliphatic heterocycles. The van der Waals surface area contributed by atoms with Crippen molar-refractivity contribution in [2.24, 2.45) is 0 Å². The highest BCUT2D eigenvalue weighted by Crippen LogP contribution is 2.15. The molecule has 104 valence electrons. The van der Waals surface area contributed by atoms with Gasteiger partial charge in [-0.2, -0.15) is 0 Å². The average Bonchev–Trinajstić information content (AvgIpc) is 2.85. The topological polar surface area (TPSA) is 69.3 Å². The normalized spacial score (nSPS) is 15.7. The number of nitrogens with one attached hydrogen (secondary N) is 1. The zero-order valence-corrected chi connectivity index (χ0v) is 11.3. The third-order valence-corrected chi connectivity index (χ3v) is 3.60. The number of carbonyl (C=O) groups excluding carboxylic acids is 2. The van der Waals surface area contributed by atoms with Crippen LogP contribution in [0.5, 0.6) is 0 Å². The van der Waals surface area contributed by atoms with Gasteiger partial charge < -0.3 is 14.8 Å². The fraction of sp³-hybridized carbons (Fsp3) is 0.357. The summed E-state index contributed by atoms with van der Waals surface area (Å²) in [7, 11) is 0. The molecule has 2 amide bonds. The molecule has 1 aromatic carbocycles. The first kappa shape index (κ1) is 12.7. The maximum absolute atomic E-state index is 12.4. The minimum Gasteiger partial charge on any atom is -0.342 e. The number of imidazole rings is 1. The Bertz CT molecular complexity index is 656. The molecule has 1 aliphatic rings. The van der Waals surface area contributed by atoms with E-state index in [9.17, 15) is 9.59 Å². The summed E-state index contributed by atoms with van der Waals surface area (Å²) in [5.74, 6) is 0.842. The third kappa shape index (κ3) is 2.24. The van der Waals surface area contributed by atoms with Crippen LogP contribution in [-0.4, -0.2) is 58.3 Å². The van der Waals surface area contributed by atoms with Gasteiger partial charge in [-0.3, -0.25) is 9.59 Å². The van der Waals surface area contributed by atoms with E-state index in [0.29, 0.717) is 31.7 Å². The van der Waals surface area contributed by atoms with E-state index in [1.807, 2.05) is 19.1 Å². The van der Waals surface area contributed by atoms with Crippen molar-refractivity contribution in [2.45, 2.75) is 6.92 Å². The Labute approximate surface area is 116 Å². The fourth-order valence-electron chi connectivity index (χ4n) is 2.48. The van der Waals surface area contributed by atoms with Crippen LogP contribution in [0.4, 0.5) is 0 Å². The lowest BCUT2D eigenvalue weighted by Crippen LogP contribution is -2.48. The Morgan fingerprint density at radius 1 is 1.30 bits per heavy atom. The van der Waals surface area contributed by atoms with Crippen molar-refractivity contribution in [1.82, 2.24) is 19.8 Å². The van der Waals surface area contributed by atoms with E-state index in [2.05, 4.69) is 9.97 Å². The van der Waals surface area contributed by atoms with E-state index in [1.165, 1.54) is 0 Å². The Hall–Kier alpha value is -2.37. The monoisotopic (exact) mass is 272 g/mol. The van der Waals surface area contributed by atoms with Crippen LogP contribution in [0.2, 0.25) is 0 Å². The molecule has 3 rings (SSSR count). The van der Waals surface area contributed by atoms with Gasteiger partial charge in [0.25, 0.3) is 5.91 Å². The third-order valence-electron chi connectivity index (χ3n) is 3.60. The Morgan fingerprint density at radius 2 is 2.05 bits per heavy atom. The summed E-state index contributed by atoms with van der Waals surface area (Å²) in [6.07, 6.45) is 0.835. The number of piperazine rings is 1. The van der Waals surface area contributed by atoms with Crippen molar-refractivity contribution in [3.05, 3.63) is 29.6 Å². The quantitative estimate of drug-likeness (QED) is 0.822. The predicted molar refractivity (Wildman–Crippen MR) is 74.4 cm³/mol. The number of hydrogen-bond donors (Lipinski definition) is 1. The van der Waals surface area contributed by atoms with Gasteiger partial charge in [-0.05, 0) is 25.1 Å². The van der Waals surface area contributed by atoms with Crippen molar-refractivity contribution >= 4 is 23.4 Å². The Morgan fingerprint density at radius 3 is 2.75 bits per heavy atom. The van der Waals surface area contributed by atoms with Gasteiger partial charge in [-0.15, -0.1) is 0 Å². The van der Waals surface area contributed by atoms with Crippen LogP contribution >= 0.6 is 0 Å². The molecule has 20 heavy (non-hydrogen) atoms. The first-order valence-corrected chi connectivity index (χ1v) is 6.62. The molecule has 0 aliphatic carbocycles. The van der Waals surface area contributed by atoms with Crippen LogP contribution in [0.3, 0.4) is 0 Å². The molecule has 2 heterocycles. The maximum Gasteiger partial charge on any atom is 0.254 e. The second-order valence-electron chi connectivity index (χ2n) is 4.99. The summed E-state index contributed by atoms with van der Waals surface area (Å²) < 4.78 is 0. The number of aryl methyl sites for hydroxylation is 1. The van der Waals surface area contributed by atoms with Crippen LogP contribution in [0.15, 0.2) is 18.2 Å². The first-order valence-electron chi connectivity index (χ1n) is 6.62. The molecule has 1 saturated heterocycles. The molecule has 2 aromatic rings. The van der Waals surface area contributed by atoms with Gasteiger partial charge in [0.2, 0.25) is 6.41 Å². The van der Waals surface area contributed by atoms with Crippen LogP contribution in [0, 0.1) is 6.92 Å². The number of aromatic nitrogens is 2. The maximum atomic E-state index is 12.4. The van der Waals surface area contributed by atoms with Crippen LogP contribution in [0.1, 0.15) is 16.2 Å². The largest absolute Gasteiger partial charge is 0.342 e. The van der Waals surface area contributed by atoms with Gasteiger partial charge in [0, 0.05) is 31.7 Å². The number of carbonyl (C=O) groups is 2. The van der Waals surface area contributed by atoms with Crippen molar-refractivity contribution in [3.63, 3.8) is 0 Å². The molecule has 1 N–H and O–H groups in total. The second-order valence-corrected chi connectivity index (χ2v) is 4.99. The van der Waals surface area contributed by atoms with Crippen molar-refractivity contribution in [2.75, 3.05) is 26.2 Å². The zero-order valence-electron chi connectivity index (χ0n) is 11.3. The summed E-state index contributed by atoms with van der Waals surface area (Å²) in [5.41, 5.74) is 2.39. The zero-order chi connectivity index (χ0) is 14.1. The molecule has 1 fully saturated rings. The number of amides is 2. The van der Waals surface area contributed by atoms with Crippen molar-refractivity contribution in [1.29, 1.82) is 0 Å². The van der Waals surface area contributed by atoms with Crippen molar-refractivity contribution in [3.8, 4) is 0 Å². The van der Waals surface area contributed by atoms with E-state index in [1.54, 1.807) is 15.9 Å². The number of rotatable bonds is 2. The van der Waals surface area contributed by atoms with E-state index >= 15 is 0 Å². The molecule has 0 spiro atoms. The summed E-state index contributed by atoms with van der Waals surface area (Å²) in [5, 5.41) is 0. The molecule has 6 heteroatoms. The van der Waals surface area contributed by atoms with E-state index < -0.39 is 0 Å². The number of aromatic amines is 1. The lowest BCUT2D eigenvalue weighted by Gasteiger charge is -2.32. The van der Waals surface area contributed by atoms with Crippen LogP contribution < -0.4 is 0 Å². The first-order chi connectivity index (χ1) is 9.67. The lowest BCUT2D eigenvalue weighted by atomic mass is 10.1. The highest BCUT2D eigenvalue weighted by atomic mass is 16.2. The van der Waals surface area contributed by atoms with E-state index in [-0.39, 0.29) is 5.91 Å². The van der Waals surface area contributed by atoms with Crippen LogP contribution in [-0.2, 0) is 4.79 Å². The summed E-state index contributed by atoms with van der Waals surface area (Å²) in [6.45, 7) is 4.25. The standard InChI is InChI=1S/C14H16N4O2/c1-10-15-12-3-2-11(8-13(12)16-10)14(20)18-6-4-17(9-19)5-7-18/h2-3,8-9H,4-7H2,1H3,(H,15,16). The summed E-state index contributed by atoms with van der Waals surface area (Å²) >= 11 is 0. The van der Waals surface area contributed by atoms with E-state index in [0.717, 1.165) is 23.3 Å². The second kappa shape index (κ2) is 4.96. The molecular formula is C14H16N4O2. The van der Waals surface area contributed by atoms with E-state index in [4.69, 9.17) is 0 Å². The number of benzene rings is 1. The SMILES string of the molecule is Cc1nc2ccc(C(=O)N3CCN(C=O)CC3)cc2[nH]1. The van der Waals surface area contributed by atoms with Gasteiger partial charge >= 0.3 is 0 Å². The Balaban J connectivity index is 1.80. The highest BCUT2D eigenvalue weighted by molar-refractivity contribution is 5.97. The van der Waals surface area contributed by atoms with Gasteiger partial charge in [-0.1, -0.05) is 0 Å². The molecule has 6 nitrogen and oxygen atoms in total. The average molecular weight is 272 g/mol. The fourth-order valence-corrected chi connectivity index (χ4v) is 2.48. The highest BCUT2D eigenvalue weighted by Gasteiger charge is 2.21. The van der Waals surface area contributed by atoms with Gasteiger partial charge in [0.15, 0.2) is 0 Å². The molecule has 0 unspecified atom stereocenters. The van der Waals surface area contributed by atoms with Crippen molar-refractivity contribution < 1.29 is 9.59 Å². The molecule has 0 bridgehead atoms. The Kier molecular flexibility index (Phi) is 3.14. The van der Waals surface area contributed by atoms with Gasteiger partial charge in [-0.25, -0.2) is 4.98 Å². The smallest absolute Gasteiger partial charge is 0.254 e.